The van der Waals surface area contributed by atoms with Crippen LogP contribution in [0.4, 0.5) is 0 Å². The molecule has 2 saturated heterocycles. The molecule has 2 aromatic heterocycles. The minimum Gasteiger partial charge on any atom is -0.396 e. The van der Waals surface area contributed by atoms with E-state index in [2.05, 4.69) is 9.30 Å². The van der Waals surface area contributed by atoms with E-state index in [0.717, 1.165) is 63.3 Å². The summed E-state index contributed by atoms with van der Waals surface area (Å²) < 4.78 is 2.07. The van der Waals surface area contributed by atoms with Crippen molar-refractivity contribution < 1.29 is 9.90 Å². The molecule has 4 heterocycles. The number of aliphatic hydroxyl groups is 1. The molecule has 6 nitrogen and oxygen atoms in total. The number of hydrogen-bond acceptors (Lipinski definition) is 4. The highest BCUT2D eigenvalue weighted by Crippen LogP contribution is 2.48. The predicted molar refractivity (Wildman–Crippen MR) is 102 cm³/mol. The van der Waals surface area contributed by atoms with Crippen LogP contribution in [0.1, 0.15) is 48.3 Å². The number of carbonyl (C=O) groups is 1. The summed E-state index contributed by atoms with van der Waals surface area (Å²) in [6.07, 6.45) is 7.74. The summed E-state index contributed by atoms with van der Waals surface area (Å²) in [5, 5.41) is 10.0. The smallest absolute Gasteiger partial charge is 0.274 e. The number of rotatable bonds is 4. The molecule has 144 valence electrons. The van der Waals surface area contributed by atoms with E-state index < -0.39 is 0 Å². The van der Waals surface area contributed by atoms with Crippen molar-refractivity contribution >= 4 is 11.6 Å². The molecule has 5 rings (SSSR count). The van der Waals surface area contributed by atoms with Crippen molar-refractivity contribution in [1.29, 1.82) is 0 Å². The van der Waals surface area contributed by atoms with Gasteiger partial charge in [-0.05, 0) is 43.7 Å². The average molecular weight is 368 g/mol. The van der Waals surface area contributed by atoms with Crippen molar-refractivity contribution in [2.24, 2.45) is 11.3 Å². The van der Waals surface area contributed by atoms with E-state index in [9.17, 15) is 9.90 Å². The lowest BCUT2D eigenvalue weighted by Crippen LogP contribution is -2.32. The molecule has 1 saturated carbocycles. The standard InChI is InChI=1S/C21H28N4O2/c26-15-21-8-5-6-16(21)12-23(14-21)13-17-19(20(27)24-9-3-4-10-24)22-18-7-1-2-11-25(17)18/h1-2,7,11,16,26H,3-6,8-10,12-15H2/t16-,21+/m0/s1. The highest BCUT2D eigenvalue weighted by molar-refractivity contribution is 5.94. The summed E-state index contributed by atoms with van der Waals surface area (Å²) in [5.41, 5.74) is 2.51. The van der Waals surface area contributed by atoms with Crippen molar-refractivity contribution in [2.45, 2.75) is 38.6 Å². The summed E-state index contributed by atoms with van der Waals surface area (Å²) in [7, 11) is 0. The van der Waals surface area contributed by atoms with E-state index in [0.29, 0.717) is 11.6 Å². The monoisotopic (exact) mass is 368 g/mol. The van der Waals surface area contributed by atoms with Gasteiger partial charge in [0.1, 0.15) is 5.65 Å². The number of likely N-dealkylation sites (tertiary alicyclic amines) is 2. The zero-order valence-corrected chi connectivity index (χ0v) is 15.8. The maximum atomic E-state index is 13.1. The highest BCUT2D eigenvalue weighted by Gasteiger charge is 2.49. The van der Waals surface area contributed by atoms with E-state index in [4.69, 9.17) is 4.98 Å². The van der Waals surface area contributed by atoms with Gasteiger partial charge in [-0.15, -0.1) is 0 Å². The van der Waals surface area contributed by atoms with Crippen LogP contribution in [0.3, 0.4) is 0 Å². The molecular weight excluding hydrogens is 340 g/mol. The van der Waals surface area contributed by atoms with Gasteiger partial charge in [0.25, 0.3) is 5.91 Å². The Labute approximate surface area is 159 Å². The fourth-order valence-corrected chi connectivity index (χ4v) is 5.55. The lowest BCUT2D eigenvalue weighted by Gasteiger charge is -2.26. The second-order valence-corrected chi connectivity index (χ2v) is 8.61. The molecule has 6 heteroatoms. The molecule has 0 unspecified atom stereocenters. The van der Waals surface area contributed by atoms with Crippen molar-refractivity contribution in [3.05, 3.63) is 35.8 Å². The fraction of sp³-hybridized carbons (Fsp3) is 0.619. The summed E-state index contributed by atoms with van der Waals surface area (Å²) in [4.78, 5) is 22.2. The summed E-state index contributed by atoms with van der Waals surface area (Å²) in [6, 6.07) is 5.94. The van der Waals surface area contributed by atoms with Crippen LogP contribution in [0.2, 0.25) is 0 Å². The first-order valence-corrected chi connectivity index (χ1v) is 10.3. The number of imidazole rings is 1. The number of amides is 1. The van der Waals surface area contributed by atoms with Gasteiger partial charge in [0, 0.05) is 44.3 Å². The Hall–Kier alpha value is -1.92. The fourth-order valence-electron chi connectivity index (χ4n) is 5.55. The predicted octanol–water partition coefficient (Wildman–Crippen LogP) is 2.16. The Bertz CT molecular complexity index is 857. The molecule has 0 aromatic carbocycles. The molecule has 2 aromatic rings. The molecule has 0 spiro atoms. The first-order valence-electron chi connectivity index (χ1n) is 10.3. The van der Waals surface area contributed by atoms with Gasteiger partial charge < -0.3 is 14.4 Å². The molecular formula is C21H28N4O2. The van der Waals surface area contributed by atoms with Crippen molar-refractivity contribution in [2.75, 3.05) is 32.8 Å². The Balaban J connectivity index is 1.47. The summed E-state index contributed by atoms with van der Waals surface area (Å²) >= 11 is 0. The van der Waals surface area contributed by atoms with E-state index >= 15 is 0 Å². The maximum Gasteiger partial charge on any atom is 0.274 e. The van der Waals surface area contributed by atoms with Gasteiger partial charge in [0.15, 0.2) is 5.69 Å². The zero-order chi connectivity index (χ0) is 18.4. The van der Waals surface area contributed by atoms with E-state index in [1.165, 1.54) is 12.8 Å². The average Bonchev–Trinajstić information content (AvgIpc) is 3.44. The van der Waals surface area contributed by atoms with Crippen molar-refractivity contribution in [1.82, 2.24) is 19.2 Å². The SMILES string of the molecule is O=C(c1nc2ccccn2c1CN1C[C@@H]2CCC[C@]2(CO)C1)N1CCCC1. The third kappa shape index (κ3) is 2.77. The molecule has 3 aliphatic rings. The van der Waals surface area contributed by atoms with Crippen LogP contribution in [0.5, 0.6) is 0 Å². The molecule has 1 aliphatic carbocycles. The van der Waals surface area contributed by atoms with Crippen LogP contribution in [0.25, 0.3) is 5.65 Å². The van der Waals surface area contributed by atoms with Gasteiger partial charge in [0.2, 0.25) is 0 Å². The zero-order valence-electron chi connectivity index (χ0n) is 15.8. The Morgan fingerprint density at radius 2 is 2.11 bits per heavy atom. The van der Waals surface area contributed by atoms with Gasteiger partial charge in [-0.2, -0.15) is 0 Å². The van der Waals surface area contributed by atoms with Gasteiger partial charge in [-0.1, -0.05) is 12.5 Å². The molecule has 27 heavy (non-hydrogen) atoms. The number of carbonyl (C=O) groups excluding carboxylic acids is 1. The molecule has 1 N–H and O–H groups in total. The van der Waals surface area contributed by atoms with Crippen LogP contribution in [0, 0.1) is 11.3 Å². The van der Waals surface area contributed by atoms with Crippen LogP contribution < -0.4 is 0 Å². The minimum absolute atomic E-state index is 0.0691. The minimum atomic E-state index is 0.0691. The van der Waals surface area contributed by atoms with Gasteiger partial charge in [0.05, 0.1) is 12.3 Å². The van der Waals surface area contributed by atoms with E-state index in [1.807, 2.05) is 29.3 Å². The molecule has 2 aliphatic heterocycles. The van der Waals surface area contributed by atoms with Gasteiger partial charge in [-0.3, -0.25) is 9.69 Å². The van der Waals surface area contributed by atoms with Crippen LogP contribution >= 0.6 is 0 Å². The number of hydrogen-bond donors (Lipinski definition) is 1. The number of pyridine rings is 1. The van der Waals surface area contributed by atoms with Crippen molar-refractivity contribution in [3.63, 3.8) is 0 Å². The largest absolute Gasteiger partial charge is 0.396 e. The summed E-state index contributed by atoms with van der Waals surface area (Å²) in [5.74, 6) is 0.655. The molecule has 1 amide bonds. The van der Waals surface area contributed by atoms with Crippen LogP contribution in [-0.4, -0.2) is 63.0 Å². The van der Waals surface area contributed by atoms with Crippen molar-refractivity contribution in [3.8, 4) is 0 Å². The molecule has 3 fully saturated rings. The first kappa shape index (κ1) is 17.2. The molecule has 2 atom stereocenters. The normalized spacial score (nSPS) is 28.3. The Morgan fingerprint density at radius 3 is 2.89 bits per heavy atom. The summed E-state index contributed by atoms with van der Waals surface area (Å²) in [6.45, 7) is 4.61. The van der Waals surface area contributed by atoms with Crippen LogP contribution in [-0.2, 0) is 6.54 Å². The lowest BCUT2D eigenvalue weighted by atomic mass is 9.82. The van der Waals surface area contributed by atoms with E-state index in [1.54, 1.807) is 0 Å². The van der Waals surface area contributed by atoms with Gasteiger partial charge >= 0.3 is 0 Å². The maximum absolute atomic E-state index is 13.1. The van der Waals surface area contributed by atoms with Gasteiger partial charge in [-0.25, -0.2) is 4.98 Å². The highest BCUT2D eigenvalue weighted by atomic mass is 16.3. The first-order chi connectivity index (χ1) is 13.2. The second-order valence-electron chi connectivity index (χ2n) is 8.61. The number of aromatic nitrogens is 2. The quantitative estimate of drug-likeness (QED) is 0.898. The van der Waals surface area contributed by atoms with Crippen LogP contribution in [0.15, 0.2) is 24.4 Å². The number of aliphatic hydroxyl groups excluding tert-OH is 1. The topological polar surface area (TPSA) is 61.1 Å². The molecule has 0 bridgehead atoms. The Kier molecular flexibility index (Phi) is 4.20. The van der Waals surface area contributed by atoms with E-state index in [-0.39, 0.29) is 17.9 Å². The third-order valence-electron chi connectivity index (χ3n) is 7.02. The third-order valence-corrected chi connectivity index (χ3v) is 7.02. The molecule has 0 radical (unpaired) electrons. The second kappa shape index (κ2) is 6.60. The number of nitrogens with zero attached hydrogens (tertiary/aromatic N) is 4. The lowest BCUT2D eigenvalue weighted by molar-refractivity contribution is 0.0784. The number of fused-ring (bicyclic) bond motifs is 2. The Morgan fingerprint density at radius 1 is 1.26 bits per heavy atom.